The van der Waals surface area contributed by atoms with E-state index in [1.54, 1.807) is 12.1 Å². The number of benzene rings is 1. The average Bonchev–Trinajstić information content (AvgIpc) is 2.04. The first-order valence-electron chi connectivity index (χ1n) is 2.95. The highest BCUT2D eigenvalue weighted by Crippen LogP contribution is 2.20. The van der Waals surface area contributed by atoms with E-state index >= 15 is 0 Å². The molecule has 0 amide bonds. The zero-order chi connectivity index (χ0) is 8.27. The van der Waals surface area contributed by atoms with Gasteiger partial charge in [-0.25, -0.2) is 4.85 Å². The van der Waals surface area contributed by atoms with Crippen molar-refractivity contribution in [1.29, 1.82) is 5.26 Å². The Morgan fingerprint density at radius 1 is 1.55 bits per heavy atom. The summed E-state index contributed by atoms with van der Waals surface area (Å²) in [7, 11) is 0. The number of nitrogens with two attached hydrogens (primary N) is 1. The van der Waals surface area contributed by atoms with Crippen molar-refractivity contribution in [2.24, 2.45) is 0 Å². The second-order valence-electron chi connectivity index (χ2n) is 2.00. The van der Waals surface area contributed by atoms with Crippen LogP contribution in [0.25, 0.3) is 4.85 Å². The maximum Gasteiger partial charge on any atom is 0.204 e. The molecule has 0 unspecified atom stereocenters. The first-order chi connectivity index (χ1) is 5.27. The van der Waals surface area contributed by atoms with Crippen molar-refractivity contribution < 1.29 is 0 Å². The van der Waals surface area contributed by atoms with Gasteiger partial charge >= 0.3 is 0 Å². The lowest BCUT2D eigenvalue weighted by atomic mass is 10.2. The van der Waals surface area contributed by atoms with Gasteiger partial charge in [0.05, 0.1) is 18.2 Å². The fraction of sp³-hybridized carbons (Fsp3) is 0. The summed E-state index contributed by atoms with van der Waals surface area (Å²) >= 11 is 0. The minimum absolute atomic E-state index is 0.333. The molecule has 0 saturated heterocycles. The highest BCUT2D eigenvalue weighted by atomic mass is 14.7. The molecule has 1 aromatic rings. The quantitative estimate of drug-likeness (QED) is 0.443. The van der Waals surface area contributed by atoms with E-state index in [1.165, 1.54) is 6.07 Å². The number of nitrogen functional groups attached to an aromatic ring is 1. The number of nitriles is 1. The van der Waals surface area contributed by atoms with Crippen LogP contribution in [-0.4, -0.2) is 0 Å². The topological polar surface area (TPSA) is 54.2 Å². The molecule has 0 aliphatic carbocycles. The Labute approximate surface area is 64.5 Å². The predicted octanol–water partition coefficient (Wildman–Crippen LogP) is 1.69. The lowest BCUT2D eigenvalue weighted by molar-refractivity contribution is 1.49. The molecule has 0 fully saturated rings. The Hall–Kier alpha value is -2.00. The molecule has 0 saturated carbocycles. The minimum atomic E-state index is 0.333. The number of rotatable bonds is 0. The monoisotopic (exact) mass is 143 g/mol. The molecule has 0 aliphatic rings. The summed E-state index contributed by atoms with van der Waals surface area (Å²) in [5.41, 5.74) is 6.59. The van der Waals surface area contributed by atoms with E-state index in [0.29, 0.717) is 16.9 Å². The molecule has 2 N–H and O–H groups in total. The predicted molar refractivity (Wildman–Crippen MR) is 41.8 cm³/mol. The van der Waals surface area contributed by atoms with Gasteiger partial charge in [0.15, 0.2) is 0 Å². The van der Waals surface area contributed by atoms with Crippen LogP contribution < -0.4 is 5.73 Å². The normalized spacial score (nSPS) is 8.18. The minimum Gasteiger partial charge on any atom is -0.399 e. The molecular weight excluding hydrogens is 138 g/mol. The third-order valence-corrected chi connectivity index (χ3v) is 1.26. The third kappa shape index (κ3) is 1.28. The molecule has 0 heterocycles. The Morgan fingerprint density at radius 2 is 2.27 bits per heavy atom. The van der Waals surface area contributed by atoms with Gasteiger partial charge in [-0.2, -0.15) is 5.26 Å². The van der Waals surface area contributed by atoms with E-state index in [4.69, 9.17) is 17.6 Å². The fourth-order valence-corrected chi connectivity index (χ4v) is 0.741. The lowest BCUT2D eigenvalue weighted by Crippen LogP contribution is -1.84. The number of hydrogen-bond acceptors (Lipinski definition) is 2. The third-order valence-electron chi connectivity index (χ3n) is 1.26. The fourth-order valence-electron chi connectivity index (χ4n) is 0.741. The van der Waals surface area contributed by atoms with Gasteiger partial charge in [-0.3, -0.25) is 0 Å². The van der Waals surface area contributed by atoms with Gasteiger partial charge in [0, 0.05) is 5.69 Å². The molecule has 0 radical (unpaired) electrons. The Kier molecular flexibility index (Phi) is 1.76. The van der Waals surface area contributed by atoms with Crippen LogP contribution in [0.4, 0.5) is 11.4 Å². The molecule has 0 aliphatic heterocycles. The van der Waals surface area contributed by atoms with Crippen molar-refractivity contribution in [3.63, 3.8) is 0 Å². The molecule has 0 spiro atoms. The SMILES string of the molecule is [C-]#[N+]c1ccc(N)cc1C#N. The zero-order valence-electron chi connectivity index (χ0n) is 5.70. The van der Waals surface area contributed by atoms with Gasteiger partial charge in [-0.1, -0.05) is 6.07 Å². The molecule has 3 heteroatoms. The molecule has 1 aromatic carbocycles. The molecular formula is C8H5N3. The summed E-state index contributed by atoms with van der Waals surface area (Å²) in [6.45, 7) is 6.69. The van der Waals surface area contributed by atoms with E-state index in [2.05, 4.69) is 4.85 Å². The van der Waals surface area contributed by atoms with Crippen LogP contribution in [0, 0.1) is 17.9 Å². The molecule has 3 nitrogen and oxygen atoms in total. The summed E-state index contributed by atoms with van der Waals surface area (Å²) in [6.07, 6.45) is 0. The Balaban J connectivity index is 3.34. The summed E-state index contributed by atoms with van der Waals surface area (Å²) in [6, 6.07) is 6.53. The van der Waals surface area contributed by atoms with Crippen molar-refractivity contribution in [3.8, 4) is 6.07 Å². The van der Waals surface area contributed by atoms with Gasteiger partial charge in [0.25, 0.3) is 0 Å². The van der Waals surface area contributed by atoms with Gasteiger partial charge in [-0.15, -0.1) is 0 Å². The molecule has 52 valence electrons. The Bertz CT molecular complexity index is 355. The molecule has 0 aromatic heterocycles. The van der Waals surface area contributed by atoms with Crippen LogP contribution in [0.2, 0.25) is 0 Å². The Morgan fingerprint density at radius 3 is 2.82 bits per heavy atom. The first kappa shape index (κ1) is 7.11. The highest BCUT2D eigenvalue weighted by Gasteiger charge is 1.99. The standard InChI is InChI=1S/C8H5N3/c1-11-8-3-2-7(10)4-6(8)5-9/h2-4H,10H2. The maximum atomic E-state index is 8.53. The van der Waals surface area contributed by atoms with E-state index in [9.17, 15) is 0 Å². The van der Waals surface area contributed by atoms with Crippen molar-refractivity contribution in [3.05, 3.63) is 35.2 Å². The van der Waals surface area contributed by atoms with E-state index in [0.717, 1.165) is 0 Å². The average molecular weight is 143 g/mol. The largest absolute Gasteiger partial charge is 0.399 e. The van der Waals surface area contributed by atoms with Gasteiger partial charge < -0.3 is 5.73 Å². The molecule has 0 bridgehead atoms. The van der Waals surface area contributed by atoms with Crippen LogP contribution in [0.5, 0.6) is 0 Å². The van der Waals surface area contributed by atoms with Crippen molar-refractivity contribution in [1.82, 2.24) is 0 Å². The van der Waals surface area contributed by atoms with Crippen LogP contribution in [0.1, 0.15) is 5.56 Å². The van der Waals surface area contributed by atoms with E-state index < -0.39 is 0 Å². The van der Waals surface area contributed by atoms with Crippen LogP contribution in [0.15, 0.2) is 18.2 Å². The van der Waals surface area contributed by atoms with E-state index in [1.807, 2.05) is 6.07 Å². The van der Waals surface area contributed by atoms with Crippen molar-refractivity contribution >= 4 is 11.4 Å². The van der Waals surface area contributed by atoms with E-state index in [-0.39, 0.29) is 0 Å². The summed E-state index contributed by atoms with van der Waals surface area (Å²) in [4.78, 5) is 3.15. The molecule has 1 rings (SSSR count). The van der Waals surface area contributed by atoms with Crippen molar-refractivity contribution in [2.45, 2.75) is 0 Å². The lowest BCUT2D eigenvalue weighted by Gasteiger charge is -1.94. The summed E-state index contributed by atoms with van der Waals surface area (Å²) in [5, 5.41) is 8.53. The van der Waals surface area contributed by atoms with Gasteiger partial charge in [0.2, 0.25) is 5.69 Å². The summed E-state index contributed by atoms with van der Waals surface area (Å²) < 4.78 is 0. The number of hydrogen-bond donors (Lipinski definition) is 1. The van der Waals surface area contributed by atoms with Crippen molar-refractivity contribution in [2.75, 3.05) is 5.73 Å². The number of nitrogens with zero attached hydrogens (tertiary/aromatic N) is 2. The van der Waals surface area contributed by atoms with Crippen LogP contribution >= 0.6 is 0 Å². The number of anilines is 1. The molecule has 11 heavy (non-hydrogen) atoms. The van der Waals surface area contributed by atoms with Gasteiger partial charge in [-0.05, 0) is 12.1 Å². The smallest absolute Gasteiger partial charge is 0.204 e. The van der Waals surface area contributed by atoms with Crippen LogP contribution in [0.3, 0.4) is 0 Å². The molecule has 0 atom stereocenters. The maximum absolute atomic E-state index is 8.53. The second-order valence-corrected chi connectivity index (χ2v) is 2.00. The highest BCUT2D eigenvalue weighted by molar-refractivity contribution is 5.63. The first-order valence-corrected chi connectivity index (χ1v) is 2.95. The van der Waals surface area contributed by atoms with Crippen LogP contribution in [-0.2, 0) is 0 Å². The zero-order valence-corrected chi connectivity index (χ0v) is 5.70. The second kappa shape index (κ2) is 2.72. The van der Waals surface area contributed by atoms with Gasteiger partial charge in [0.1, 0.15) is 0 Å². The summed E-state index contributed by atoms with van der Waals surface area (Å²) in [5.74, 6) is 0.